The zero-order valence-electron chi connectivity index (χ0n) is 41.6. The third-order valence-corrected chi connectivity index (χ3v) is 11.7. The van der Waals surface area contributed by atoms with Crippen LogP contribution in [0.15, 0.2) is 81.7 Å². The molecule has 5 rings (SSSR count). The Morgan fingerprint density at radius 1 is 0.640 bits per heavy atom. The van der Waals surface area contributed by atoms with Crippen molar-refractivity contribution in [2.45, 2.75) is 82.1 Å². The van der Waals surface area contributed by atoms with Crippen LogP contribution in [0.2, 0.25) is 0 Å². The Morgan fingerprint density at radius 2 is 1.17 bits per heavy atom. The molecule has 1 aliphatic carbocycles. The summed E-state index contributed by atoms with van der Waals surface area (Å²) in [5.74, 6) is -4.28. The summed E-state index contributed by atoms with van der Waals surface area (Å²) in [5, 5.41) is 32.1. The van der Waals surface area contributed by atoms with E-state index in [1.165, 1.54) is 0 Å². The quantitative estimate of drug-likeness (QED) is 0.0180. The van der Waals surface area contributed by atoms with E-state index >= 15 is 0 Å². The number of nitrogens with one attached hydrogen (secondary N) is 8. The van der Waals surface area contributed by atoms with Gasteiger partial charge in [0, 0.05) is 55.0 Å². The summed E-state index contributed by atoms with van der Waals surface area (Å²) in [4.78, 5) is 105. The molecule has 0 radical (unpaired) electrons. The summed E-state index contributed by atoms with van der Waals surface area (Å²) in [6.45, 7) is 0.963. The number of anilines is 1. The van der Waals surface area contributed by atoms with Gasteiger partial charge in [0.25, 0.3) is 5.91 Å². The molecule has 2 aromatic carbocycles. The summed E-state index contributed by atoms with van der Waals surface area (Å²) in [5.41, 5.74) is 36.9. The minimum absolute atomic E-state index is 0.0454. The highest BCUT2D eigenvalue weighted by molar-refractivity contribution is 5.97. The molecule has 5 atom stereocenters. The molecule has 1 aromatic heterocycles. The second kappa shape index (κ2) is 28.8. The maximum absolute atomic E-state index is 13.6. The van der Waals surface area contributed by atoms with Crippen LogP contribution in [-0.2, 0) is 35.3 Å². The van der Waals surface area contributed by atoms with Crippen LogP contribution in [0.1, 0.15) is 72.9 Å². The number of amides is 7. The van der Waals surface area contributed by atoms with Gasteiger partial charge in [-0.05, 0) is 92.1 Å². The molecule has 0 bridgehead atoms. The topological polar surface area (TPSA) is 455 Å². The van der Waals surface area contributed by atoms with Crippen molar-refractivity contribution in [2.24, 2.45) is 49.4 Å². The van der Waals surface area contributed by atoms with E-state index in [4.69, 9.17) is 34.4 Å². The van der Waals surface area contributed by atoms with Gasteiger partial charge in [-0.3, -0.25) is 48.5 Å². The van der Waals surface area contributed by atoms with Crippen LogP contribution >= 0.6 is 0 Å². The zero-order valence-corrected chi connectivity index (χ0v) is 41.6. The average Bonchev–Trinajstić information content (AvgIpc) is 4.04. The van der Waals surface area contributed by atoms with E-state index in [9.17, 15) is 33.6 Å². The monoisotopic (exact) mass is 1040 g/mol. The van der Waals surface area contributed by atoms with Crippen molar-refractivity contribution in [1.82, 2.24) is 57.8 Å². The van der Waals surface area contributed by atoms with Crippen molar-refractivity contribution in [3.63, 3.8) is 0 Å². The Bertz CT molecular complexity index is 2610. The van der Waals surface area contributed by atoms with Gasteiger partial charge < -0.3 is 76.5 Å². The molecule has 0 fully saturated rings. The fourth-order valence-electron chi connectivity index (χ4n) is 8.07. The number of hydrogen-bond donors (Lipinski definition) is 14. The fourth-order valence-corrected chi connectivity index (χ4v) is 8.07. The number of hydrogen-bond acceptors (Lipinski definition) is 14. The van der Waals surface area contributed by atoms with E-state index in [0.717, 1.165) is 22.4 Å². The SMILES string of the molecule is C[C@H](CCCN=C(N)N)NC(=O)[C@H](CCCN=C(N)N)NC(=O)[C@H](CCCN=C(N)N)NC(=O)CNC(=O)CNC(=O)CNC(=O)CNC(=O)c1ccc(CN2c3ccc(-c4nn[nH]n4)cc3C3C=CC=CC32)cc1. The van der Waals surface area contributed by atoms with Gasteiger partial charge >= 0.3 is 0 Å². The van der Waals surface area contributed by atoms with Crippen molar-refractivity contribution in [3.05, 3.63) is 83.5 Å². The number of nitrogens with zero attached hydrogens (tertiary/aromatic N) is 7. The van der Waals surface area contributed by atoms with Crippen LogP contribution in [0.4, 0.5) is 5.69 Å². The number of rotatable bonds is 29. The predicted molar refractivity (Wildman–Crippen MR) is 280 cm³/mol. The van der Waals surface area contributed by atoms with Crippen molar-refractivity contribution in [3.8, 4) is 11.4 Å². The van der Waals surface area contributed by atoms with E-state index in [1.54, 1.807) is 19.1 Å². The van der Waals surface area contributed by atoms with Crippen molar-refractivity contribution >= 4 is 64.9 Å². The van der Waals surface area contributed by atoms with Crippen molar-refractivity contribution < 1.29 is 33.6 Å². The lowest BCUT2D eigenvalue weighted by molar-refractivity contribution is -0.133. The number of carbonyl (C=O) groups excluding carboxylic acids is 7. The lowest BCUT2D eigenvalue weighted by Crippen LogP contribution is -2.55. The molecule has 2 unspecified atom stereocenters. The van der Waals surface area contributed by atoms with E-state index in [-0.39, 0.29) is 68.2 Å². The van der Waals surface area contributed by atoms with Gasteiger partial charge in [-0.25, -0.2) is 0 Å². The molecule has 402 valence electrons. The zero-order chi connectivity index (χ0) is 54.3. The third-order valence-electron chi connectivity index (χ3n) is 11.7. The average molecular weight is 1040 g/mol. The Kier molecular flexibility index (Phi) is 21.8. The summed E-state index contributed by atoms with van der Waals surface area (Å²) in [6, 6.07) is 10.7. The number of fused-ring (bicyclic) bond motifs is 3. The summed E-state index contributed by atoms with van der Waals surface area (Å²) in [6.07, 6.45) is 10.3. The molecule has 1 aliphatic heterocycles. The van der Waals surface area contributed by atoms with Crippen molar-refractivity contribution in [2.75, 3.05) is 50.7 Å². The standard InChI is InChI=1S/C47H67N21O7/c1-27(7-4-18-54-45(48)49)61-43(74)34(10-6-20-56-47(52)53)63-44(75)33(9-5-19-55-46(50)51)62-40(72)25-59-38(70)23-57-37(69)22-58-39(71)24-60-42(73)29-14-12-28(13-15-29)26-68-35-11-3-2-8-31(35)32-21-30(16-17-36(32)68)41-64-66-67-65-41/h2-3,8,11-17,21,27,31,33-35H,4-7,9-10,18-20,22-26H2,1H3,(H,57,69)(H,58,71)(H,59,70)(H,60,73)(H,61,74)(H,62,72)(H,63,75)(H4,48,49,54)(H4,50,51,55)(H4,52,53,56)(H,64,65,66,67)/t27-,31?,33+,34+,35?/m1/s1. The molecule has 7 amide bonds. The number of H-pyrrole nitrogens is 1. The van der Waals surface area contributed by atoms with E-state index < -0.39 is 79.6 Å². The number of carbonyl (C=O) groups is 7. The molecule has 0 saturated heterocycles. The molecule has 75 heavy (non-hydrogen) atoms. The van der Waals surface area contributed by atoms with E-state index in [2.05, 4.69) is 102 Å². The molecule has 3 aromatic rings. The van der Waals surface area contributed by atoms with Crippen LogP contribution < -0.4 is 76.5 Å². The first kappa shape index (κ1) is 56.8. The smallest absolute Gasteiger partial charge is 0.251 e. The van der Waals surface area contributed by atoms with Gasteiger partial charge in [0.1, 0.15) is 12.1 Å². The van der Waals surface area contributed by atoms with Gasteiger partial charge in [-0.15, -0.1) is 10.2 Å². The maximum atomic E-state index is 13.6. The van der Waals surface area contributed by atoms with Crippen LogP contribution in [0, 0.1) is 0 Å². The minimum Gasteiger partial charge on any atom is -0.370 e. The van der Waals surface area contributed by atoms with Crippen LogP contribution in [0.3, 0.4) is 0 Å². The summed E-state index contributed by atoms with van der Waals surface area (Å²) >= 11 is 0. The lowest BCUT2D eigenvalue weighted by Gasteiger charge is -2.28. The summed E-state index contributed by atoms with van der Waals surface area (Å²) in [7, 11) is 0. The number of nitrogens with two attached hydrogens (primary N) is 6. The molecule has 2 heterocycles. The largest absolute Gasteiger partial charge is 0.370 e. The van der Waals surface area contributed by atoms with Crippen LogP contribution in [0.5, 0.6) is 0 Å². The number of benzene rings is 2. The predicted octanol–water partition coefficient (Wildman–Crippen LogP) is -3.82. The van der Waals surface area contributed by atoms with Gasteiger partial charge in [0.2, 0.25) is 41.3 Å². The first-order valence-electron chi connectivity index (χ1n) is 24.2. The molecule has 2 aliphatic rings. The molecular formula is C47H67N21O7. The maximum Gasteiger partial charge on any atom is 0.251 e. The molecule has 0 spiro atoms. The first-order chi connectivity index (χ1) is 36.0. The summed E-state index contributed by atoms with van der Waals surface area (Å²) < 4.78 is 0. The van der Waals surface area contributed by atoms with Crippen molar-refractivity contribution in [1.29, 1.82) is 0 Å². The Balaban J connectivity index is 1.03. The number of aromatic nitrogens is 4. The Hall–Kier alpha value is -9.11. The minimum atomic E-state index is -1.19. The molecule has 20 N–H and O–H groups in total. The second-order valence-electron chi connectivity index (χ2n) is 17.6. The molecular weight excluding hydrogens is 971 g/mol. The normalized spacial score (nSPS) is 15.1. The Labute approximate surface area is 432 Å². The number of aliphatic imine (C=N–C) groups is 3. The lowest BCUT2D eigenvalue weighted by atomic mass is 9.90. The number of aromatic amines is 1. The number of tetrazole rings is 1. The van der Waals surface area contributed by atoms with Crippen LogP contribution in [-0.4, -0.2) is 150 Å². The third kappa shape index (κ3) is 18.8. The number of allylic oxidation sites excluding steroid dienone is 2. The van der Waals surface area contributed by atoms with Gasteiger partial charge in [0.05, 0.1) is 32.2 Å². The second-order valence-corrected chi connectivity index (χ2v) is 17.6. The van der Waals surface area contributed by atoms with Gasteiger partial charge in [-0.1, -0.05) is 36.4 Å². The molecule has 0 saturated carbocycles. The first-order valence-corrected chi connectivity index (χ1v) is 24.2. The van der Waals surface area contributed by atoms with Gasteiger partial charge in [0.15, 0.2) is 17.9 Å². The highest BCUT2D eigenvalue weighted by atomic mass is 16.2. The molecule has 28 nitrogen and oxygen atoms in total. The highest BCUT2D eigenvalue weighted by Gasteiger charge is 2.37. The van der Waals surface area contributed by atoms with E-state index in [1.807, 2.05) is 30.4 Å². The Morgan fingerprint density at radius 3 is 1.75 bits per heavy atom. The number of guanidine groups is 3. The van der Waals surface area contributed by atoms with E-state index in [0.29, 0.717) is 43.7 Å². The fraction of sp³-hybridized carbons (Fsp3) is 0.426. The highest BCUT2D eigenvalue weighted by Crippen LogP contribution is 2.45. The van der Waals surface area contributed by atoms with Gasteiger partial charge in [-0.2, -0.15) is 5.21 Å². The molecule has 28 heteroatoms. The van der Waals surface area contributed by atoms with Crippen LogP contribution in [0.25, 0.3) is 11.4 Å².